The maximum Gasteiger partial charge on any atom is 0.181 e. The second-order valence-corrected chi connectivity index (χ2v) is 4.92. The van der Waals surface area contributed by atoms with Crippen molar-refractivity contribution in [2.24, 2.45) is 5.92 Å². The van der Waals surface area contributed by atoms with Gasteiger partial charge in [-0.2, -0.15) is 0 Å². The van der Waals surface area contributed by atoms with Gasteiger partial charge >= 0.3 is 0 Å². The molecule has 1 heteroatoms. The lowest BCUT2D eigenvalue weighted by Crippen LogP contribution is -2.27. The van der Waals surface area contributed by atoms with Gasteiger partial charge in [0.15, 0.2) is 5.78 Å². The topological polar surface area (TPSA) is 17.1 Å². The highest BCUT2D eigenvalue weighted by atomic mass is 16.1. The minimum Gasteiger partial charge on any atom is -0.290 e. The molecule has 0 amide bonds. The molecule has 1 nitrogen and oxygen atoms in total. The summed E-state index contributed by atoms with van der Waals surface area (Å²) in [4.78, 5) is 11.9. The molecule has 17 heavy (non-hydrogen) atoms. The fraction of sp³-hybridized carbons (Fsp3) is 0.188. The Hall–Kier alpha value is -1.89. The minimum absolute atomic E-state index is 0.196. The molecule has 82 valence electrons. The SMILES string of the molecule is O=C1C=CC2C=Cc3cccc4c3C2C1=CC4. The van der Waals surface area contributed by atoms with Gasteiger partial charge in [0.2, 0.25) is 0 Å². The molecule has 2 atom stereocenters. The van der Waals surface area contributed by atoms with Crippen LogP contribution in [-0.2, 0) is 11.2 Å². The predicted octanol–water partition coefficient (Wildman–Crippen LogP) is 3.03. The maximum atomic E-state index is 11.9. The Morgan fingerprint density at radius 2 is 2.00 bits per heavy atom. The van der Waals surface area contributed by atoms with Crippen molar-refractivity contribution >= 4 is 11.9 Å². The molecule has 0 fully saturated rings. The molecular formula is C16H12O. The van der Waals surface area contributed by atoms with Gasteiger partial charge < -0.3 is 0 Å². The number of rotatable bonds is 0. The second kappa shape index (κ2) is 3.07. The van der Waals surface area contributed by atoms with Crippen LogP contribution in [0.5, 0.6) is 0 Å². The van der Waals surface area contributed by atoms with E-state index in [0.717, 1.165) is 12.0 Å². The van der Waals surface area contributed by atoms with Gasteiger partial charge in [-0.25, -0.2) is 0 Å². The summed E-state index contributed by atoms with van der Waals surface area (Å²) in [5, 5.41) is 0. The fourth-order valence-electron chi connectivity index (χ4n) is 3.29. The lowest BCUT2D eigenvalue weighted by atomic mass is 9.67. The van der Waals surface area contributed by atoms with E-state index in [-0.39, 0.29) is 11.7 Å². The summed E-state index contributed by atoms with van der Waals surface area (Å²) < 4.78 is 0. The quantitative estimate of drug-likeness (QED) is 0.656. The fourth-order valence-corrected chi connectivity index (χ4v) is 3.29. The molecule has 4 rings (SSSR count). The van der Waals surface area contributed by atoms with Crippen LogP contribution < -0.4 is 0 Å². The molecule has 0 radical (unpaired) electrons. The Morgan fingerprint density at radius 1 is 1.12 bits per heavy atom. The van der Waals surface area contributed by atoms with Gasteiger partial charge in [0.1, 0.15) is 0 Å². The number of benzene rings is 1. The zero-order valence-corrected chi connectivity index (χ0v) is 9.39. The summed E-state index contributed by atoms with van der Waals surface area (Å²) in [6.07, 6.45) is 11.2. The Balaban J connectivity index is 2.05. The molecule has 0 aromatic heterocycles. The van der Waals surface area contributed by atoms with Crippen molar-refractivity contribution in [3.63, 3.8) is 0 Å². The van der Waals surface area contributed by atoms with Gasteiger partial charge in [0.25, 0.3) is 0 Å². The Morgan fingerprint density at radius 3 is 2.94 bits per heavy atom. The predicted molar refractivity (Wildman–Crippen MR) is 67.6 cm³/mol. The van der Waals surface area contributed by atoms with Gasteiger partial charge in [0.05, 0.1) is 0 Å². The van der Waals surface area contributed by atoms with Crippen molar-refractivity contribution in [2.75, 3.05) is 0 Å². The van der Waals surface area contributed by atoms with Crippen LogP contribution in [0.3, 0.4) is 0 Å². The first-order valence-corrected chi connectivity index (χ1v) is 6.07. The molecule has 3 aliphatic rings. The van der Waals surface area contributed by atoms with Gasteiger partial charge in [-0.05, 0) is 29.2 Å². The molecule has 3 aliphatic carbocycles. The number of carbonyl (C=O) groups excluding carboxylic acids is 1. The smallest absolute Gasteiger partial charge is 0.181 e. The van der Waals surface area contributed by atoms with Gasteiger partial charge in [-0.1, -0.05) is 42.5 Å². The summed E-state index contributed by atoms with van der Waals surface area (Å²) in [7, 11) is 0. The molecule has 0 N–H and O–H groups in total. The summed E-state index contributed by atoms with van der Waals surface area (Å²) in [6.45, 7) is 0. The highest BCUT2D eigenvalue weighted by Crippen LogP contribution is 2.46. The zero-order valence-electron chi connectivity index (χ0n) is 9.39. The summed E-state index contributed by atoms with van der Waals surface area (Å²) in [6, 6.07) is 6.45. The highest BCUT2D eigenvalue weighted by Gasteiger charge is 2.36. The number of carbonyl (C=O) groups is 1. The van der Waals surface area contributed by atoms with Crippen LogP contribution in [0, 0.1) is 5.92 Å². The van der Waals surface area contributed by atoms with E-state index in [1.165, 1.54) is 16.7 Å². The largest absolute Gasteiger partial charge is 0.290 e. The average Bonchev–Trinajstić information content (AvgIpc) is 2.38. The van der Waals surface area contributed by atoms with E-state index in [1.54, 1.807) is 6.08 Å². The molecule has 2 unspecified atom stereocenters. The van der Waals surface area contributed by atoms with E-state index in [0.29, 0.717) is 5.92 Å². The first kappa shape index (κ1) is 9.17. The normalized spacial score (nSPS) is 27.8. The van der Waals surface area contributed by atoms with Crippen molar-refractivity contribution in [1.29, 1.82) is 0 Å². The van der Waals surface area contributed by atoms with Crippen molar-refractivity contribution in [3.05, 3.63) is 64.8 Å². The number of ketones is 1. The molecule has 1 aromatic carbocycles. The van der Waals surface area contributed by atoms with Crippen molar-refractivity contribution < 1.29 is 4.79 Å². The molecular weight excluding hydrogens is 208 g/mol. The number of hydrogen-bond donors (Lipinski definition) is 0. The lowest BCUT2D eigenvalue weighted by Gasteiger charge is -2.36. The third-order valence-electron chi connectivity index (χ3n) is 4.06. The number of allylic oxidation sites excluding steroid dienone is 5. The van der Waals surface area contributed by atoms with Crippen molar-refractivity contribution in [1.82, 2.24) is 0 Å². The maximum absolute atomic E-state index is 11.9. The molecule has 0 spiro atoms. The second-order valence-electron chi connectivity index (χ2n) is 4.92. The van der Waals surface area contributed by atoms with Crippen LogP contribution in [0.15, 0.2) is 48.1 Å². The summed E-state index contributed by atoms with van der Waals surface area (Å²) in [5.74, 6) is 0.840. The molecule has 1 aromatic rings. The van der Waals surface area contributed by atoms with E-state index >= 15 is 0 Å². The van der Waals surface area contributed by atoms with E-state index < -0.39 is 0 Å². The van der Waals surface area contributed by atoms with E-state index in [9.17, 15) is 4.79 Å². The third-order valence-corrected chi connectivity index (χ3v) is 4.06. The van der Waals surface area contributed by atoms with E-state index in [2.05, 4.69) is 36.4 Å². The highest BCUT2D eigenvalue weighted by molar-refractivity contribution is 6.07. The van der Waals surface area contributed by atoms with Gasteiger partial charge in [0, 0.05) is 17.4 Å². The Labute approximate surface area is 100 Å². The molecule has 0 saturated heterocycles. The van der Waals surface area contributed by atoms with Crippen LogP contribution in [0.4, 0.5) is 0 Å². The Bertz CT molecular complexity index is 616. The lowest BCUT2D eigenvalue weighted by molar-refractivity contribution is -0.112. The Kier molecular flexibility index (Phi) is 1.66. The molecule has 0 bridgehead atoms. The average molecular weight is 220 g/mol. The van der Waals surface area contributed by atoms with Crippen molar-refractivity contribution in [3.8, 4) is 0 Å². The first-order valence-electron chi connectivity index (χ1n) is 6.07. The standard InChI is InChI=1S/C16H12O/c17-14-9-7-12-5-4-10-2-1-3-11-6-8-13(14)16(12)15(10)11/h1-5,7-9,12,16H,6H2. The van der Waals surface area contributed by atoms with Crippen LogP contribution in [0.2, 0.25) is 0 Å². The summed E-state index contributed by atoms with van der Waals surface area (Å²) in [5.41, 5.74) is 5.06. The molecule has 0 heterocycles. The van der Waals surface area contributed by atoms with Crippen molar-refractivity contribution in [2.45, 2.75) is 12.3 Å². The van der Waals surface area contributed by atoms with Gasteiger partial charge in [-0.15, -0.1) is 0 Å². The van der Waals surface area contributed by atoms with Crippen LogP contribution >= 0.6 is 0 Å². The van der Waals surface area contributed by atoms with Crippen LogP contribution in [0.1, 0.15) is 22.6 Å². The number of hydrogen-bond acceptors (Lipinski definition) is 1. The first-order chi connectivity index (χ1) is 8.34. The van der Waals surface area contributed by atoms with Gasteiger partial charge in [-0.3, -0.25) is 4.79 Å². The van der Waals surface area contributed by atoms with E-state index in [4.69, 9.17) is 0 Å². The zero-order chi connectivity index (χ0) is 11.4. The van der Waals surface area contributed by atoms with Crippen LogP contribution in [0.25, 0.3) is 6.08 Å². The molecule has 0 saturated carbocycles. The molecule has 0 aliphatic heterocycles. The minimum atomic E-state index is 0.196. The monoisotopic (exact) mass is 220 g/mol. The van der Waals surface area contributed by atoms with Crippen LogP contribution in [-0.4, -0.2) is 5.78 Å². The summed E-state index contributed by atoms with van der Waals surface area (Å²) >= 11 is 0. The third kappa shape index (κ3) is 1.11. The van der Waals surface area contributed by atoms with E-state index in [1.807, 2.05) is 6.08 Å².